The smallest absolute Gasteiger partial charge is 0.137 e. The summed E-state index contributed by atoms with van der Waals surface area (Å²) in [7, 11) is 1.70. The maximum Gasteiger partial charge on any atom is 0.137 e. The first-order valence-electron chi connectivity index (χ1n) is 6.80. The maximum atomic E-state index is 5.75. The first kappa shape index (κ1) is 16.3. The monoisotopic (exact) mass is 405 g/mol. The minimum absolute atomic E-state index is 0.0299. The van der Waals surface area contributed by atoms with Crippen molar-refractivity contribution in [1.82, 2.24) is 5.32 Å². The molecule has 0 amide bonds. The van der Waals surface area contributed by atoms with Crippen LogP contribution in [-0.2, 0) is 11.3 Å². The second-order valence-electron chi connectivity index (χ2n) is 5.76. The van der Waals surface area contributed by atoms with Gasteiger partial charge in [0, 0.05) is 29.2 Å². The van der Waals surface area contributed by atoms with Gasteiger partial charge in [0.05, 0.1) is 17.2 Å². The molecule has 5 heteroatoms. The second kappa shape index (κ2) is 6.77. The van der Waals surface area contributed by atoms with Crippen LogP contribution in [-0.4, -0.2) is 25.4 Å². The molecule has 1 N–H and O–H groups in total. The molecule has 1 unspecified atom stereocenters. The number of halogens is 2. The van der Waals surface area contributed by atoms with Crippen molar-refractivity contribution >= 4 is 31.9 Å². The largest absolute Gasteiger partial charge is 0.495 e. The molecule has 1 fully saturated rings. The van der Waals surface area contributed by atoms with E-state index in [1.54, 1.807) is 7.11 Å². The topological polar surface area (TPSA) is 30.5 Å². The van der Waals surface area contributed by atoms with Crippen molar-refractivity contribution < 1.29 is 9.47 Å². The van der Waals surface area contributed by atoms with Gasteiger partial charge in [0.1, 0.15) is 5.75 Å². The van der Waals surface area contributed by atoms with E-state index in [2.05, 4.69) is 57.1 Å². The molecule has 1 aliphatic rings. The Morgan fingerprint density at radius 1 is 1.40 bits per heavy atom. The Labute approximate surface area is 137 Å². The molecule has 112 valence electrons. The van der Waals surface area contributed by atoms with Crippen molar-refractivity contribution in [1.29, 1.82) is 0 Å². The van der Waals surface area contributed by atoms with Crippen LogP contribution in [0.25, 0.3) is 0 Å². The van der Waals surface area contributed by atoms with Crippen molar-refractivity contribution in [2.45, 2.75) is 44.9 Å². The zero-order chi connectivity index (χ0) is 14.8. The molecule has 1 saturated heterocycles. The molecule has 1 heterocycles. The fourth-order valence-electron chi connectivity index (χ4n) is 2.63. The predicted octanol–water partition coefficient (Wildman–Crippen LogP) is 4.27. The van der Waals surface area contributed by atoms with E-state index in [-0.39, 0.29) is 5.60 Å². The third-order valence-corrected chi connectivity index (χ3v) is 4.61. The van der Waals surface area contributed by atoms with Gasteiger partial charge in [-0.2, -0.15) is 0 Å². The molecule has 0 aliphatic carbocycles. The number of hydrogen-bond donors (Lipinski definition) is 1. The summed E-state index contributed by atoms with van der Waals surface area (Å²) in [6, 6.07) is 4.59. The summed E-state index contributed by atoms with van der Waals surface area (Å²) >= 11 is 7.07. The summed E-state index contributed by atoms with van der Waals surface area (Å²) in [6.07, 6.45) is 2.09. The highest BCUT2D eigenvalue weighted by Crippen LogP contribution is 2.33. The predicted molar refractivity (Wildman–Crippen MR) is 88.3 cm³/mol. The molecule has 1 aromatic rings. The van der Waals surface area contributed by atoms with Crippen LogP contribution in [0.5, 0.6) is 5.75 Å². The zero-order valence-corrected chi connectivity index (χ0v) is 15.3. The van der Waals surface area contributed by atoms with Crippen molar-refractivity contribution in [3.63, 3.8) is 0 Å². The number of hydrogen-bond acceptors (Lipinski definition) is 3. The highest BCUT2D eigenvalue weighted by molar-refractivity contribution is 9.11. The second-order valence-corrected chi connectivity index (χ2v) is 7.53. The van der Waals surface area contributed by atoms with Crippen LogP contribution in [0.1, 0.15) is 32.3 Å². The molecule has 0 radical (unpaired) electrons. The van der Waals surface area contributed by atoms with Crippen LogP contribution in [0.15, 0.2) is 21.1 Å². The average Bonchev–Trinajstić information content (AvgIpc) is 2.34. The van der Waals surface area contributed by atoms with E-state index < -0.39 is 0 Å². The van der Waals surface area contributed by atoms with Gasteiger partial charge in [-0.1, -0.05) is 15.9 Å². The number of methoxy groups -OCH3 is 1. The van der Waals surface area contributed by atoms with Crippen LogP contribution >= 0.6 is 31.9 Å². The zero-order valence-electron chi connectivity index (χ0n) is 12.1. The lowest BCUT2D eigenvalue weighted by molar-refractivity contribution is -0.0630. The van der Waals surface area contributed by atoms with Crippen molar-refractivity contribution in [2.75, 3.05) is 13.7 Å². The Morgan fingerprint density at radius 2 is 2.15 bits per heavy atom. The number of ether oxygens (including phenoxy) is 2. The SMILES string of the molecule is COc1c(Br)cc(Br)cc1CNC1CCOC(C)(C)C1. The van der Waals surface area contributed by atoms with Crippen LogP contribution in [0, 0.1) is 0 Å². The molecule has 0 spiro atoms. The minimum Gasteiger partial charge on any atom is -0.495 e. The van der Waals surface area contributed by atoms with Crippen LogP contribution in [0.2, 0.25) is 0 Å². The summed E-state index contributed by atoms with van der Waals surface area (Å²) in [4.78, 5) is 0. The van der Waals surface area contributed by atoms with Gasteiger partial charge in [0.2, 0.25) is 0 Å². The van der Waals surface area contributed by atoms with Crippen LogP contribution in [0.4, 0.5) is 0 Å². The van der Waals surface area contributed by atoms with Crippen molar-refractivity contribution in [3.05, 3.63) is 26.6 Å². The Kier molecular flexibility index (Phi) is 5.51. The fourth-order valence-corrected chi connectivity index (χ4v) is 4.11. The molecule has 1 aromatic carbocycles. The lowest BCUT2D eigenvalue weighted by Crippen LogP contribution is -2.43. The van der Waals surface area contributed by atoms with Gasteiger partial charge >= 0.3 is 0 Å². The number of benzene rings is 1. The molecule has 2 rings (SSSR count). The van der Waals surface area contributed by atoms with Gasteiger partial charge in [0.25, 0.3) is 0 Å². The third kappa shape index (κ3) is 4.20. The lowest BCUT2D eigenvalue weighted by Gasteiger charge is -2.36. The van der Waals surface area contributed by atoms with E-state index >= 15 is 0 Å². The Balaban J connectivity index is 2.04. The minimum atomic E-state index is -0.0299. The molecule has 1 atom stereocenters. The lowest BCUT2D eigenvalue weighted by atomic mass is 9.94. The summed E-state index contributed by atoms with van der Waals surface area (Å²) < 4.78 is 13.3. The Hall–Kier alpha value is -0.100. The fraction of sp³-hybridized carbons (Fsp3) is 0.600. The van der Waals surface area contributed by atoms with Gasteiger partial charge < -0.3 is 14.8 Å². The van der Waals surface area contributed by atoms with Gasteiger partial charge in [0.15, 0.2) is 0 Å². The number of nitrogens with one attached hydrogen (secondary N) is 1. The van der Waals surface area contributed by atoms with E-state index in [0.29, 0.717) is 6.04 Å². The maximum absolute atomic E-state index is 5.75. The number of rotatable bonds is 4. The quantitative estimate of drug-likeness (QED) is 0.809. The molecule has 1 aliphatic heterocycles. The van der Waals surface area contributed by atoms with E-state index in [1.807, 2.05) is 6.07 Å². The van der Waals surface area contributed by atoms with Crippen LogP contribution < -0.4 is 10.1 Å². The molecule has 20 heavy (non-hydrogen) atoms. The normalized spacial score (nSPS) is 21.8. The summed E-state index contributed by atoms with van der Waals surface area (Å²) in [5.74, 6) is 0.895. The molecule has 3 nitrogen and oxygen atoms in total. The standard InChI is InChI=1S/C15H21Br2NO2/c1-15(2)8-12(4-5-20-15)18-9-10-6-11(16)7-13(17)14(10)19-3/h6-7,12,18H,4-5,8-9H2,1-3H3. The molecular weight excluding hydrogens is 386 g/mol. The van der Waals surface area contributed by atoms with E-state index in [9.17, 15) is 0 Å². The van der Waals surface area contributed by atoms with E-state index in [1.165, 1.54) is 0 Å². The molecule has 0 saturated carbocycles. The summed E-state index contributed by atoms with van der Waals surface area (Å²) in [5, 5.41) is 3.62. The first-order chi connectivity index (χ1) is 9.41. The summed E-state index contributed by atoms with van der Waals surface area (Å²) in [6.45, 7) is 5.92. The van der Waals surface area contributed by atoms with Crippen molar-refractivity contribution in [2.24, 2.45) is 0 Å². The highest BCUT2D eigenvalue weighted by atomic mass is 79.9. The van der Waals surface area contributed by atoms with Gasteiger partial charge in [-0.05, 0) is 54.8 Å². The van der Waals surface area contributed by atoms with E-state index in [4.69, 9.17) is 9.47 Å². The molecule has 0 aromatic heterocycles. The molecule has 0 bridgehead atoms. The van der Waals surface area contributed by atoms with Crippen molar-refractivity contribution in [3.8, 4) is 5.75 Å². The van der Waals surface area contributed by atoms with E-state index in [0.717, 1.165) is 46.3 Å². The summed E-state index contributed by atoms with van der Waals surface area (Å²) in [5.41, 5.74) is 1.12. The Morgan fingerprint density at radius 3 is 2.80 bits per heavy atom. The molecular formula is C15H21Br2NO2. The Bertz CT molecular complexity index is 477. The average molecular weight is 407 g/mol. The third-order valence-electron chi connectivity index (χ3n) is 3.57. The highest BCUT2D eigenvalue weighted by Gasteiger charge is 2.28. The van der Waals surface area contributed by atoms with Gasteiger partial charge in [-0.15, -0.1) is 0 Å². The van der Waals surface area contributed by atoms with Crippen LogP contribution in [0.3, 0.4) is 0 Å². The first-order valence-corrected chi connectivity index (χ1v) is 8.39. The van der Waals surface area contributed by atoms with Gasteiger partial charge in [-0.3, -0.25) is 0 Å². The van der Waals surface area contributed by atoms with Gasteiger partial charge in [-0.25, -0.2) is 0 Å².